The van der Waals surface area contributed by atoms with Gasteiger partial charge in [0.2, 0.25) is 5.91 Å². The predicted octanol–water partition coefficient (Wildman–Crippen LogP) is 3.14. The zero-order chi connectivity index (χ0) is 14.8. The van der Waals surface area contributed by atoms with E-state index in [0.29, 0.717) is 36.3 Å². The van der Waals surface area contributed by atoms with Crippen LogP contribution >= 0.6 is 23.2 Å². The highest BCUT2D eigenvalue weighted by Gasteiger charge is 2.23. The van der Waals surface area contributed by atoms with Crippen LogP contribution < -0.4 is 5.32 Å². The number of halogens is 2. The second-order valence-electron chi connectivity index (χ2n) is 5.32. The van der Waals surface area contributed by atoms with Crippen molar-refractivity contribution in [1.29, 1.82) is 0 Å². The minimum Gasteiger partial charge on any atom is -0.353 e. The van der Waals surface area contributed by atoms with Crippen molar-refractivity contribution in [2.24, 2.45) is 0 Å². The second kappa shape index (κ2) is 6.24. The molecule has 21 heavy (non-hydrogen) atoms. The molecule has 1 aliphatic rings. The molecule has 0 aliphatic heterocycles. The fourth-order valence-corrected chi connectivity index (χ4v) is 2.89. The number of nitrogens with one attached hydrogen (secondary N) is 1. The molecule has 1 fully saturated rings. The fourth-order valence-electron chi connectivity index (χ4n) is 2.45. The first-order chi connectivity index (χ1) is 10.2. The minimum absolute atomic E-state index is 0.0863. The van der Waals surface area contributed by atoms with Crippen LogP contribution in [0.3, 0.4) is 0 Å². The van der Waals surface area contributed by atoms with Crippen LogP contribution in [0.5, 0.6) is 0 Å². The zero-order valence-corrected chi connectivity index (χ0v) is 13.1. The van der Waals surface area contributed by atoms with Gasteiger partial charge in [0.25, 0.3) is 0 Å². The molecule has 0 bridgehead atoms. The SMILES string of the molecule is O=C(CCn1c(CCCl)nc2cccc(Cl)c21)NC1CC1. The van der Waals surface area contributed by atoms with E-state index < -0.39 is 0 Å². The number of alkyl halides is 1. The molecule has 112 valence electrons. The van der Waals surface area contributed by atoms with E-state index in [1.165, 1.54) is 0 Å². The summed E-state index contributed by atoms with van der Waals surface area (Å²) in [6, 6.07) is 6.05. The van der Waals surface area contributed by atoms with Gasteiger partial charge in [-0.25, -0.2) is 4.98 Å². The van der Waals surface area contributed by atoms with Gasteiger partial charge in [-0.05, 0) is 25.0 Å². The molecule has 1 amide bonds. The Morgan fingerprint density at radius 1 is 1.43 bits per heavy atom. The van der Waals surface area contributed by atoms with E-state index in [4.69, 9.17) is 23.2 Å². The Balaban J connectivity index is 1.83. The van der Waals surface area contributed by atoms with Crippen LogP contribution in [0.2, 0.25) is 5.02 Å². The Bertz CT molecular complexity index is 664. The Kier molecular flexibility index (Phi) is 4.36. The lowest BCUT2D eigenvalue weighted by Gasteiger charge is -2.09. The number of nitrogens with zero attached hydrogens (tertiary/aromatic N) is 2. The number of aryl methyl sites for hydroxylation is 2. The first kappa shape index (κ1) is 14.7. The lowest BCUT2D eigenvalue weighted by atomic mass is 10.3. The van der Waals surface area contributed by atoms with Crippen LogP contribution in [0, 0.1) is 0 Å². The molecule has 0 saturated heterocycles. The lowest BCUT2D eigenvalue weighted by molar-refractivity contribution is -0.121. The van der Waals surface area contributed by atoms with Crippen LogP contribution in [0.25, 0.3) is 11.0 Å². The summed E-state index contributed by atoms with van der Waals surface area (Å²) in [4.78, 5) is 16.5. The van der Waals surface area contributed by atoms with Gasteiger partial charge in [-0.2, -0.15) is 0 Å². The third-order valence-electron chi connectivity index (χ3n) is 3.62. The van der Waals surface area contributed by atoms with E-state index in [1.54, 1.807) is 0 Å². The molecule has 1 aromatic carbocycles. The number of carbonyl (C=O) groups excluding carboxylic acids is 1. The van der Waals surface area contributed by atoms with Crippen molar-refractivity contribution in [3.05, 3.63) is 29.0 Å². The smallest absolute Gasteiger partial charge is 0.222 e. The van der Waals surface area contributed by atoms with Crippen molar-refractivity contribution in [3.8, 4) is 0 Å². The van der Waals surface area contributed by atoms with Crippen molar-refractivity contribution in [1.82, 2.24) is 14.9 Å². The first-order valence-electron chi connectivity index (χ1n) is 7.18. The number of fused-ring (bicyclic) bond motifs is 1. The van der Waals surface area contributed by atoms with Crippen LogP contribution in [0.15, 0.2) is 18.2 Å². The van der Waals surface area contributed by atoms with Crippen molar-refractivity contribution in [2.75, 3.05) is 5.88 Å². The highest BCUT2D eigenvalue weighted by molar-refractivity contribution is 6.35. The largest absolute Gasteiger partial charge is 0.353 e. The monoisotopic (exact) mass is 325 g/mol. The summed E-state index contributed by atoms with van der Waals surface area (Å²) in [6.45, 7) is 0.574. The molecule has 0 radical (unpaired) electrons. The summed E-state index contributed by atoms with van der Waals surface area (Å²) in [5.74, 6) is 1.46. The average molecular weight is 326 g/mol. The van der Waals surface area contributed by atoms with Crippen LogP contribution in [0.4, 0.5) is 0 Å². The van der Waals surface area contributed by atoms with E-state index in [-0.39, 0.29) is 5.91 Å². The standard InChI is InChI=1S/C15H17Cl2N3O/c16-8-6-13-19-12-3-1-2-11(17)15(12)20(13)9-7-14(21)18-10-4-5-10/h1-3,10H,4-9H2,(H,18,21). The third kappa shape index (κ3) is 3.33. The van der Waals surface area contributed by atoms with Gasteiger partial charge in [-0.15, -0.1) is 11.6 Å². The molecule has 1 saturated carbocycles. The summed E-state index contributed by atoms with van der Waals surface area (Å²) in [5.41, 5.74) is 1.74. The maximum atomic E-state index is 11.9. The number of hydrogen-bond acceptors (Lipinski definition) is 2. The van der Waals surface area contributed by atoms with Gasteiger partial charge in [0.1, 0.15) is 5.82 Å². The number of imidazole rings is 1. The highest BCUT2D eigenvalue weighted by Crippen LogP contribution is 2.25. The Morgan fingerprint density at radius 3 is 2.95 bits per heavy atom. The summed E-state index contributed by atoms with van der Waals surface area (Å²) in [5, 5.41) is 3.65. The van der Waals surface area contributed by atoms with E-state index in [1.807, 2.05) is 22.8 Å². The van der Waals surface area contributed by atoms with Gasteiger partial charge in [-0.1, -0.05) is 17.7 Å². The Labute approximate surface area is 133 Å². The van der Waals surface area contributed by atoms with E-state index in [9.17, 15) is 4.79 Å². The van der Waals surface area contributed by atoms with Crippen molar-refractivity contribution in [3.63, 3.8) is 0 Å². The van der Waals surface area contributed by atoms with Gasteiger partial charge in [0.15, 0.2) is 0 Å². The van der Waals surface area contributed by atoms with E-state index >= 15 is 0 Å². The number of carbonyl (C=O) groups is 1. The number of benzene rings is 1. The fraction of sp³-hybridized carbons (Fsp3) is 0.467. The van der Waals surface area contributed by atoms with Gasteiger partial charge < -0.3 is 9.88 Å². The Hall–Kier alpha value is -1.26. The molecule has 1 heterocycles. The second-order valence-corrected chi connectivity index (χ2v) is 6.10. The van der Waals surface area contributed by atoms with Crippen molar-refractivity contribution in [2.45, 2.75) is 38.3 Å². The van der Waals surface area contributed by atoms with Crippen LogP contribution in [0.1, 0.15) is 25.1 Å². The molecule has 3 rings (SSSR count). The highest BCUT2D eigenvalue weighted by atomic mass is 35.5. The van der Waals surface area contributed by atoms with Crippen LogP contribution in [-0.4, -0.2) is 27.4 Å². The molecule has 2 aromatic rings. The number of rotatable bonds is 6. The van der Waals surface area contributed by atoms with Gasteiger partial charge >= 0.3 is 0 Å². The van der Waals surface area contributed by atoms with Gasteiger partial charge in [0, 0.05) is 31.3 Å². The number of aromatic nitrogens is 2. The molecule has 4 nitrogen and oxygen atoms in total. The van der Waals surface area contributed by atoms with Gasteiger partial charge in [-0.3, -0.25) is 4.79 Å². The Morgan fingerprint density at radius 2 is 2.24 bits per heavy atom. The van der Waals surface area contributed by atoms with Crippen LogP contribution in [-0.2, 0) is 17.8 Å². The first-order valence-corrected chi connectivity index (χ1v) is 8.09. The minimum atomic E-state index is 0.0863. The van der Waals surface area contributed by atoms with Crippen molar-refractivity contribution < 1.29 is 4.79 Å². The van der Waals surface area contributed by atoms with Gasteiger partial charge in [0.05, 0.1) is 16.1 Å². The lowest BCUT2D eigenvalue weighted by Crippen LogP contribution is -2.26. The molecular formula is C15H17Cl2N3O. The summed E-state index contributed by atoms with van der Waals surface area (Å²) >= 11 is 12.1. The molecule has 0 unspecified atom stereocenters. The maximum Gasteiger partial charge on any atom is 0.222 e. The summed E-state index contributed by atoms with van der Waals surface area (Å²) in [6.07, 6.45) is 3.30. The molecule has 1 N–H and O–H groups in total. The molecular weight excluding hydrogens is 309 g/mol. The zero-order valence-electron chi connectivity index (χ0n) is 11.6. The van der Waals surface area contributed by atoms with E-state index in [0.717, 1.165) is 29.7 Å². The molecule has 1 aromatic heterocycles. The number of hydrogen-bond donors (Lipinski definition) is 1. The molecule has 0 atom stereocenters. The quantitative estimate of drug-likeness (QED) is 0.829. The number of amides is 1. The predicted molar refractivity (Wildman–Crippen MR) is 84.9 cm³/mol. The summed E-state index contributed by atoms with van der Waals surface area (Å²) < 4.78 is 2.02. The molecule has 0 spiro atoms. The van der Waals surface area contributed by atoms with Crippen molar-refractivity contribution >= 4 is 40.1 Å². The molecule has 6 heteroatoms. The van der Waals surface area contributed by atoms with E-state index in [2.05, 4.69) is 10.3 Å². The molecule has 1 aliphatic carbocycles. The normalized spacial score (nSPS) is 14.6. The maximum absolute atomic E-state index is 11.9. The summed E-state index contributed by atoms with van der Waals surface area (Å²) in [7, 11) is 0. The third-order valence-corrected chi connectivity index (χ3v) is 4.11. The number of para-hydroxylation sites is 1. The topological polar surface area (TPSA) is 46.9 Å². The average Bonchev–Trinajstić information content (AvgIpc) is 3.18.